The van der Waals surface area contributed by atoms with E-state index in [2.05, 4.69) is 51.2 Å². The Balaban J connectivity index is 1.93. The Morgan fingerprint density at radius 2 is 1.61 bits per heavy atom. The lowest BCUT2D eigenvalue weighted by atomic mass is 10.00. The van der Waals surface area contributed by atoms with Gasteiger partial charge in [0.15, 0.2) is 11.5 Å². The summed E-state index contributed by atoms with van der Waals surface area (Å²) in [5.74, 6) is 2.09. The van der Waals surface area contributed by atoms with Crippen molar-refractivity contribution < 1.29 is 0 Å². The number of amidine groups is 2. The van der Waals surface area contributed by atoms with Crippen LogP contribution in [0.25, 0.3) is 11.1 Å². The Bertz CT molecular complexity index is 918. The molecule has 1 heterocycles. The molecule has 2 aromatic rings. The maximum absolute atomic E-state index is 9.38. The van der Waals surface area contributed by atoms with Gasteiger partial charge in [0, 0.05) is 25.0 Å². The van der Waals surface area contributed by atoms with Gasteiger partial charge >= 0.3 is 0 Å². The molecule has 2 aromatic carbocycles. The molecule has 28 heavy (non-hydrogen) atoms. The van der Waals surface area contributed by atoms with Crippen LogP contribution in [0.4, 0.5) is 5.69 Å². The summed E-state index contributed by atoms with van der Waals surface area (Å²) < 4.78 is 0.416. The third kappa shape index (κ3) is 4.05. The second kappa shape index (κ2) is 8.95. The molecule has 0 fully saturated rings. The molecule has 0 spiro atoms. The van der Waals surface area contributed by atoms with Gasteiger partial charge in [-0.3, -0.25) is 0 Å². The summed E-state index contributed by atoms with van der Waals surface area (Å²) in [6.45, 7) is 4.41. The fourth-order valence-electron chi connectivity index (χ4n) is 3.58. The lowest BCUT2D eigenvalue weighted by Gasteiger charge is -2.24. The van der Waals surface area contributed by atoms with Gasteiger partial charge in [0.05, 0.1) is 11.6 Å². The number of rotatable bonds is 8. The first kappa shape index (κ1) is 20.0. The van der Waals surface area contributed by atoms with Crippen molar-refractivity contribution in [2.75, 3.05) is 7.05 Å². The number of unbranched alkanes of at least 4 members (excludes halogenated alkanes) is 2. The molecule has 1 unspecified atom stereocenters. The first-order chi connectivity index (χ1) is 13.6. The third-order valence-corrected chi connectivity index (χ3v) is 5.31. The van der Waals surface area contributed by atoms with Crippen molar-refractivity contribution in [3.8, 4) is 17.2 Å². The molecule has 4 heteroatoms. The van der Waals surface area contributed by atoms with E-state index >= 15 is 0 Å². The summed E-state index contributed by atoms with van der Waals surface area (Å²) >= 11 is 0. The minimum Gasteiger partial charge on any atom is -0.192 e. The molecule has 1 atom stereocenters. The predicted molar refractivity (Wildman–Crippen MR) is 118 cm³/mol. The highest BCUT2D eigenvalue weighted by Gasteiger charge is 2.38. The largest absolute Gasteiger partial charge is 0.236 e. The van der Waals surface area contributed by atoms with E-state index in [4.69, 9.17) is 10.1 Å². The van der Waals surface area contributed by atoms with Gasteiger partial charge in [0.25, 0.3) is 0 Å². The van der Waals surface area contributed by atoms with Crippen molar-refractivity contribution in [3.05, 3.63) is 54.1 Å². The second-order valence-corrected chi connectivity index (χ2v) is 7.41. The highest BCUT2D eigenvalue weighted by Crippen LogP contribution is 2.32. The van der Waals surface area contributed by atoms with Crippen LogP contribution in [0.15, 0.2) is 58.6 Å². The highest BCUT2D eigenvalue weighted by molar-refractivity contribution is 6.06. The third-order valence-electron chi connectivity index (χ3n) is 5.31. The van der Waals surface area contributed by atoms with Gasteiger partial charge in [-0.1, -0.05) is 50.0 Å². The van der Waals surface area contributed by atoms with E-state index in [1.807, 2.05) is 24.3 Å². The average molecular weight is 374 g/mol. The summed E-state index contributed by atoms with van der Waals surface area (Å²) in [6, 6.07) is 18.4. The molecule has 3 rings (SSSR count). The topological polar surface area (TPSA) is 48.5 Å². The first-order valence-electron chi connectivity index (χ1n) is 10.3. The molecule has 0 bridgehead atoms. The van der Waals surface area contributed by atoms with Crippen LogP contribution >= 0.6 is 0 Å². The van der Waals surface area contributed by atoms with Crippen LogP contribution in [0.1, 0.15) is 57.9 Å². The lowest BCUT2D eigenvalue weighted by Crippen LogP contribution is -2.43. The number of nitrogens with zero attached hydrogens (tertiary/aromatic N) is 4. The summed E-state index contributed by atoms with van der Waals surface area (Å²) in [5, 5.41) is 14.4. The number of hydrogen-bond acceptors (Lipinski definition) is 3. The van der Waals surface area contributed by atoms with Crippen LogP contribution in [0.5, 0.6) is 0 Å². The summed E-state index contributed by atoms with van der Waals surface area (Å²) in [7, 11) is 2.13. The second-order valence-electron chi connectivity index (χ2n) is 7.41. The van der Waals surface area contributed by atoms with Crippen molar-refractivity contribution >= 4 is 17.4 Å². The van der Waals surface area contributed by atoms with Crippen molar-refractivity contribution in [1.29, 1.82) is 5.26 Å². The SMILES string of the molecule is CCCCC1=N[N+](C)(c2ccc(-c3ccccc3C#N)cc2)C(CCCC)=N1. The Hall–Kier alpha value is -2.77. The lowest BCUT2D eigenvalue weighted by molar-refractivity contribution is 0.518. The van der Waals surface area contributed by atoms with Crippen LogP contribution in [0, 0.1) is 11.3 Å². The van der Waals surface area contributed by atoms with E-state index in [1.54, 1.807) is 0 Å². The Morgan fingerprint density at radius 1 is 0.929 bits per heavy atom. The zero-order valence-electron chi connectivity index (χ0n) is 17.2. The molecular weight excluding hydrogens is 344 g/mol. The molecule has 0 N–H and O–H groups in total. The van der Waals surface area contributed by atoms with Crippen LogP contribution in [-0.4, -0.2) is 18.7 Å². The van der Waals surface area contributed by atoms with Crippen molar-refractivity contribution in [3.63, 3.8) is 0 Å². The Morgan fingerprint density at radius 3 is 2.29 bits per heavy atom. The molecule has 0 aromatic heterocycles. The quantitative estimate of drug-likeness (QED) is 0.503. The average Bonchev–Trinajstić information content (AvgIpc) is 3.07. The van der Waals surface area contributed by atoms with Crippen LogP contribution in [0.2, 0.25) is 0 Å². The van der Waals surface area contributed by atoms with Crippen LogP contribution in [-0.2, 0) is 0 Å². The summed E-state index contributed by atoms with van der Waals surface area (Å²) in [5.41, 5.74) is 3.82. The van der Waals surface area contributed by atoms with Crippen LogP contribution < -0.4 is 4.59 Å². The van der Waals surface area contributed by atoms with Crippen molar-refractivity contribution in [2.24, 2.45) is 10.1 Å². The molecule has 1 aliphatic heterocycles. The molecule has 4 nitrogen and oxygen atoms in total. The summed E-state index contributed by atoms with van der Waals surface area (Å²) in [6.07, 6.45) is 6.44. The van der Waals surface area contributed by atoms with Gasteiger partial charge in [-0.2, -0.15) is 10.3 Å². The molecular formula is C24H29N4+. The standard InChI is InChI=1S/C24H29N4/c1-4-6-12-23-26-24(13-7-5-2)28(3,27-23)21-16-14-19(15-17-21)22-11-9-8-10-20(22)18-25/h8-11,14-17H,4-7,12-13H2,1-3H3/q+1. The van der Waals surface area contributed by atoms with Crippen molar-refractivity contribution in [2.45, 2.75) is 52.4 Å². The van der Waals surface area contributed by atoms with E-state index in [-0.39, 0.29) is 0 Å². The zero-order chi connectivity index (χ0) is 20.0. The fraction of sp³-hybridized carbons (Fsp3) is 0.375. The first-order valence-corrected chi connectivity index (χ1v) is 10.3. The van der Waals surface area contributed by atoms with Gasteiger partial charge in [0.1, 0.15) is 7.05 Å². The minimum absolute atomic E-state index is 0.416. The highest BCUT2D eigenvalue weighted by atomic mass is 15.7. The van der Waals surface area contributed by atoms with E-state index in [0.717, 1.165) is 67.0 Å². The summed E-state index contributed by atoms with van der Waals surface area (Å²) in [4.78, 5) is 4.90. The fourth-order valence-corrected chi connectivity index (χ4v) is 3.58. The molecule has 0 aliphatic carbocycles. The number of hydrogen-bond donors (Lipinski definition) is 0. The molecule has 0 saturated heterocycles. The number of benzene rings is 2. The van der Waals surface area contributed by atoms with E-state index in [0.29, 0.717) is 10.2 Å². The number of quaternary nitrogens is 1. The van der Waals surface area contributed by atoms with Gasteiger partial charge in [0.2, 0.25) is 5.84 Å². The molecule has 0 radical (unpaired) electrons. The van der Waals surface area contributed by atoms with Gasteiger partial charge < -0.3 is 0 Å². The maximum Gasteiger partial charge on any atom is 0.236 e. The number of nitriles is 1. The van der Waals surface area contributed by atoms with Gasteiger partial charge in [-0.05, 0) is 42.2 Å². The van der Waals surface area contributed by atoms with Crippen molar-refractivity contribution in [1.82, 2.24) is 4.59 Å². The maximum atomic E-state index is 9.38. The Kier molecular flexibility index (Phi) is 6.38. The van der Waals surface area contributed by atoms with Gasteiger partial charge in [-0.15, -0.1) is 4.59 Å². The normalized spacial score (nSPS) is 18.5. The van der Waals surface area contributed by atoms with E-state index in [9.17, 15) is 5.26 Å². The molecule has 1 aliphatic rings. The molecule has 144 valence electrons. The van der Waals surface area contributed by atoms with E-state index in [1.165, 1.54) is 0 Å². The molecule has 0 amide bonds. The smallest absolute Gasteiger partial charge is 0.192 e. The van der Waals surface area contributed by atoms with Gasteiger partial charge in [-0.25, -0.2) is 0 Å². The minimum atomic E-state index is 0.416. The monoisotopic (exact) mass is 373 g/mol. The number of aliphatic imine (C=N–C) groups is 1. The molecule has 0 saturated carbocycles. The van der Waals surface area contributed by atoms with Crippen LogP contribution in [0.3, 0.4) is 0 Å². The zero-order valence-corrected chi connectivity index (χ0v) is 17.2. The van der Waals surface area contributed by atoms with E-state index < -0.39 is 0 Å². The predicted octanol–water partition coefficient (Wildman–Crippen LogP) is 6.27. The Labute approximate surface area is 168 Å².